The van der Waals surface area contributed by atoms with Crippen molar-refractivity contribution in [2.45, 2.75) is 57.9 Å². The summed E-state index contributed by atoms with van der Waals surface area (Å²) in [4.78, 5) is 17.4. The fourth-order valence-electron chi connectivity index (χ4n) is 6.87. The minimum atomic E-state index is -0.516. The Kier molecular flexibility index (Phi) is 4.65. The van der Waals surface area contributed by atoms with Crippen LogP contribution < -0.4 is 10.2 Å². The highest BCUT2D eigenvalue weighted by Gasteiger charge is 2.54. The maximum Gasteiger partial charge on any atom is 0.247 e. The molecule has 2 heterocycles. The van der Waals surface area contributed by atoms with Crippen molar-refractivity contribution in [3.05, 3.63) is 30.1 Å². The zero-order valence-corrected chi connectivity index (χ0v) is 17.8. The molecule has 5 heteroatoms. The van der Waals surface area contributed by atoms with Gasteiger partial charge in [-0.1, -0.05) is 19.9 Å². The Hall–Kier alpha value is -1.62. The molecule has 3 aliphatic carbocycles. The number of carbonyl (C=O) groups is 1. The maximum atomic E-state index is 13.8. The fraction of sp³-hybridized carbons (Fsp3) is 0.708. The van der Waals surface area contributed by atoms with E-state index in [4.69, 9.17) is 0 Å². The number of piperidine rings is 1. The molecule has 29 heavy (non-hydrogen) atoms. The summed E-state index contributed by atoms with van der Waals surface area (Å²) in [6.45, 7) is 8.47. The number of rotatable bonds is 4. The van der Waals surface area contributed by atoms with Crippen molar-refractivity contribution in [2.24, 2.45) is 23.2 Å². The first-order valence-corrected chi connectivity index (χ1v) is 11.4. The number of nitrogens with one attached hydrogen (secondary N) is 1. The summed E-state index contributed by atoms with van der Waals surface area (Å²) in [7, 11) is 0. The summed E-state index contributed by atoms with van der Waals surface area (Å²) >= 11 is 0. The molecule has 158 valence electrons. The number of benzene rings is 1. The van der Waals surface area contributed by atoms with Crippen LogP contribution in [0, 0.1) is 29.0 Å². The van der Waals surface area contributed by atoms with Crippen LogP contribution >= 0.6 is 0 Å². The number of likely N-dealkylation sites (tertiary alicyclic amines) is 1. The molecule has 4 nitrogen and oxygen atoms in total. The number of anilines is 1. The standard InChI is InChI=1S/C24H34FN3O/c1-23(2)18-7-6-17(21(23)14-18)8-11-27-12-9-24(10-13-27)22(29)26-16-28(24)20-5-3-4-19(25)15-20/h3-5,15,17-18,21H,6-14,16H2,1-2H3,(H,26,29). The third kappa shape index (κ3) is 3.08. The van der Waals surface area contributed by atoms with Crippen molar-refractivity contribution in [3.8, 4) is 0 Å². The molecule has 5 aliphatic rings. The van der Waals surface area contributed by atoms with Gasteiger partial charge in [0, 0.05) is 18.8 Å². The average Bonchev–Trinajstić information content (AvgIpc) is 3.03. The van der Waals surface area contributed by atoms with Crippen LogP contribution in [0.2, 0.25) is 0 Å². The lowest BCUT2D eigenvalue weighted by molar-refractivity contribution is -0.125. The van der Waals surface area contributed by atoms with E-state index in [-0.39, 0.29) is 11.7 Å². The largest absolute Gasteiger partial charge is 0.339 e. The summed E-state index contributed by atoms with van der Waals surface area (Å²) in [5, 5.41) is 3.01. The van der Waals surface area contributed by atoms with Crippen molar-refractivity contribution >= 4 is 11.6 Å². The van der Waals surface area contributed by atoms with Crippen molar-refractivity contribution in [2.75, 3.05) is 31.2 Å². The van der Waals surface area contributed by atoms with Crippen LogP contribution in [0.3, 0.4) is 0 Å². The van der Waals surface area contributed by atoms with Crippen LogP contribution in [-0.2, 0) is 4.79 Å². The lowest BCUT2D eigenvalue weighted by Gasteiger charge is -2.60. The summed E-state index contributed by atoms with van der Waals surface area (Å²) in [5.41, 5.74) is 0.849. The molecule has 2 bridgehead atoms. The predicted molar refractivity (Wildman–Crippen MR) is 113 cm³/mol. The van der Waals surface area contributed by atoms with E-state index in [0.29, 0.717) is 12.1 Å². The molecule has 2 aliphatic heterocycles. The lowest BCUT2D eigenvalue weighted by atomic mass is 9.45. The highest BCUT2D eigenvalue weighted by Crippen LogP contribution is 2.62. The SMILES string of the molecule is CC1(C)C2CCC(CCN3CCC4(CC3)C(=O)NCN4c3cccc(F)c3)C1C2. The second-order valence-electron chi connectivity index (χ2n) is 10.4. The second-order valence-corrected chi connectivity index (χ2v) is 10.4. The van der Waals surface area contributed by atoms with Gasteiger partial charge >= 0.3 is 0 Å². The van der Waals surface area contributed by atoms with Gasteiger partial charge in [-0.3, -0.25) is 4.79 Å². The molecule has 6 rings (SSSR count). The number of halogens is 1. The molecule has 2 saturated heterocycles. The number of fused-ring (bicyclic) bond motifs is 2. The van der Waals surface area contributed by atoms with E-state index in [2.05, 4.69) is 29.0 Å². The van der Waals surface area contributed by atoms with Gasteiger partial charge in [0.15, 0.2) is 0 Å². The number of nitrogens with zero attached hydrogens (tertiary/aromatic N) is 2. The quantitative estimate of drug-likeness (QED) is 0.831. The Labute approximate surface area is 173 Å². The molecule has 3 unspecified atom stereocenters. The van der Waals surface area contributed by atoms with Crippen LogP contribution in [0.15, 0.2) is 24.3 Å². The van der Waals surface area contributed by atoms with Gasteiger partial charge in [0.25, 0.3) is 0 Å². The topological polar surface area (TPSA) is 35.6 Å². The normalized spacial score (nSPS) is 32.9. The van der Waals surface area contributed by atoms with E-state index >= 15 is 0 Å². The van der Waals surface area contributed by atoms with Gasteiger partial charge in [0.05, 0.1) is 6.67 Å². The number of carbonyl (C=O) groups excluding carboxylic acids is 1. The monoisotopic (exact) mass is 399 g/mol. The Bertz CT molecular complexity index is 784. The molecule has 5 fully saturated rings. The maximum absolute atomic E-state index is 13.8. The first-order valence-electron chi connectivity index (χ1n) is 11.4. The van der Waals surface area contributed by atoms with E-state index in [1.165, 1.54) is 31.7 Å². The number of hydrogen-bond acceptors (Lipinski definition) is 3. The first-order chi connectivity index (χ1) is 13.9. The van der Waals surface area contributed by atoms with Crippen LogP contribution in [0.25, 0.3) is 0 Å². The summed E-state index contributed by atoms with van der Waals surface area (Å²) in [5.74, 6) is 2.62. The van der Waals surface area contributed by atoms with Crippen molar-refractivity contribution < 1.29 is 9.18 Å². The van der Waals surface area contributed by atoms with Crippen LogP contribution in [-0.4, -0.2) is 42.6 Å². The Morgan fingerprint density at radius 3 is 2.69 bits per heavy atom. The fourth-order valence-corrected chi connectivity index (χ4v) is 6.87. The van der Waals surface area contributed by atoms with E-state index in [9.17, 15) is 9.18 Å². The molecule has 0 radical (unpaired) electrons. The third-order valence-electron chi connectivity index (χ3n) is 8.96. The minimum absolute atomic E-state index is 0.107. The highest BCUT2D eigenvalue weighted by atomic mass is 19.1. The summed E-state index contributed by atoms with van der Waals surface area (Å²) in [6, 6.07) is 6.65. The van der Waals surface area contributed by atoms with Gasteiger partial charge in [0.1, 0.15) is 11.4 Å². The highest BCUT2D eigenvalue weighted by molar-refractivity contribution is 5.93. The zero-order chi connectivity index (χ0) is 20.2. The summed E-state index contributed by atoms with van der Waals surface area (Å²) < 4.78 is 13.8. The van der Waals surface area contributed by atoms with Gasteiger partial charge in [0.2, 0.25) is 5.91 Å². The van der Waals surface area contributed by atoms with E-state index in [1.54, 1.807) is 12.1 Å². The lowest BCUT2D eigenvalue weighted by Crippen LogP contribution is -2.57. The Morgan fingerprint density at radius 1 is 1.21 bits per heavy atom. The van der Waals surface area contributed by atoms with E-state index < -0.39 is 5.54 Å². The molecule has 1 aromatic carbocycles. The van der Waals surface area contributed by atoms with Crippen LogP contribution in [0.1, 0.15) is 52.4 Å². The molecule has 1 amide bonds. The molecule has 3 atom stereocenters. The second kappa shape index (κ2) is 6.97. The van der Waals surface area contributed by atoms with Gasteiger partial charge in [-0.25, -0.2) is 4.39 Å². The molecule has 0 aromatic heterocycles. The predicted octanol–water partition coefficient (Wildman–Crippen LogP) is 4.02. The zero-order valence-electron chi connectivity index (χ0n) is 17.8. The Balaban J connectivity index is 1.21. The van der Waals surface area contributed by atoms with Gasteiger partial charge < -0.3 is 15.1 Å². The average molecular weight is 400 g/mol. The van der Waals surface area contributed by atoms with E-state index in [0.717, 1.165) is 55.9 Å². The molecular weight excluding hydrogens is 365 g/mol. The smallest absolute Gasteiger partial charge is 0.247 e. The van der Waals surface area contributed by atoms with Gasteiger partial charge in [-0.15, -0.1) is 0 Å². The van der Waals surface area contributed by atoms with E-state index in [1.807, 2.05) is 6.07 Å². The minimum Gasteiger partial charge on any atom is -0.339 e. The third-order valence-corrected chi connectivity index (χ3v) is 8.96. The van der Waals surface area contributed by atoms with Crippen molar-refractivity contribution in [1.29, 1.82) is 0 Å². The first kappa shape index (κ1) is 19.3. The van der Waals surface area contributed by atoms with Crippen molar-refractivity contribution in [1.82, 2.24) is 10.2 Å². The molecule has 1 spiro atoms. The van der Waals surface area contributed by atoms with Crippen LogP contribution in [0.5, 0.6) is 0 Å². The van der Waals surface area contributed by atoms with Crippen molar-refractivity contribution in [3.63, 3.8) is 0 Å². The van der Waals surface area contributed by atoms with Crippen LogP contribution in [0.4, 0.5) is 10.1 Å². The molecule has 3 saturated carbocycles. The van der Waals surface area contributed by atoms with Gasteiger partial charge in [-0.05, 0) is 86.4 Å². The number of hydrogen-bond donors (Lipinski definition) is 1. The molecular formula is C24H34FN3O. The molecule has 1 aromatic rings. The number of amides is 1. The molecule has 1 N–H and O–H groups in total. The Morgan fingerprint density at radius 2 is 2.00 bits per heavy atom. The summed E-state index contributed by atoms with van der Waals surface area (Å²) in [6.07, 6.45) is 7.21. The van der Waals surface area contributed by atoms with Gasteiger partial charge in [-0.2, -0.15) is 0 Å².